The molecule has 0 saturated carbocycles. The van der Waals surface area contributed by atoms with Crippen molar-refractivity contribution >= 4 is 29.9 Å². The van der Waals surface area contributed by atoms with Crippen molar-refractivity contribution in [3.8, 4) is 5.75 Å². The summed E-state index contributed by atoms with van der Waals surface area (Å²) < 4.78 is 5.91. The predicted octanol–water partition coefficient (Wildman–Crippen LogP) is 4.15. The molecule has 1 aliphatic heterocycles. The second kappa shape index (κ2) is 8.76. The Labute approximate surface area is 165 Å². The Kier molecular flexibility index (Phi) is 6.93. The molecule has 0 spiro atoms. The van der Waals surface area contributed by atoms with Crippen LogP contribution in [0.3, 0.4) is 0 Å². The largest absolute Gasteiger partial charge is 0.488 e. The number of nitrogens with two attached hydrogens (primary N) is 1. The average molecular weight is 395 g/mol. The van der Waals surface area contributed by atoms with Gasteiger partial charge in [0.25, 0.3) is 5.91 Å². The number of rotatable bonds is 5. The van der Waals surface area contributed by atoms with Crippen LogP contribution in [0.5, 0.6) is 5.75 Å². The molecule has 4 nitrogen and oxygen atoms in total. The number of carbonyl (C=O) groups excluding carboxylic acids is 1. The van der Waals surface area contributed by atoms with Crippen LogP contribution in [0.15, 0.2) is 48.5 Å². The molecule has 2 aromatic carbocycles. The van der Waals surface area contributed by atoms with Gasteiger partial charge in [-0.15, -0.1) is 12.4 Å². The summed E-state index contributed by atoms with van der Waals surface area (Å²) in [6.07, 6.45) is 0.934. The zero-order chi connectivity index (χ0) is 17.9. The molecule has 0 radical (unpaired) electrons. The quantitative estimate of drug-likeness (QED) is 0.828. The zero-order valence-corrected chi connectivity index (χ0v) is 16.4. The van der Waals surface area contributed by atoms with Crippen LogP contribution in [0.1, 0.15) is 29.3 Å². The van der Waals surface area contributed by atoms with E-state index in [2.05, 4.69) is 6.92 Å². The maximum Gasteiger partial charge on any atom is 0.257 e. The topological polar surface area (TPSA) is 55.6 Å². The van der Waals surface area contributed by atoms with Gasteiger partial charge in [0.1, 0.15) is 12.4 Å². The summed E-state index contributed by atoms with van der Waals surface area (Å²) >= 11 is 5.90. The van der Waals surface area contributed by atoms with Gasteiger partial charge in [0.05, 0.1) is 5.56 Å². The van der Waals surface area contributed by atoms with Gasteiger partial charge in [0.2, 0.25) is 0 Å². The second-order valence-electron chi connectivity index (χ2n) is 6.90. The maximum atomic E-state index is 12.9. The lowest BCUT2D eigenvalue weighted by molar-refractivity contribution is 0.0772. The van der Waals surface area contributed by atoms with Crippen LogP contribution in [-0.4, -0.2) is 30.4 Å². The van der Waals surface area contributed by atoms with Crippen molar-refractivity contribution in [2.24, 2.45) is 11.1 Å². The minimum absolute atomic E-state index is 0. The van der Waals surface area contributed by atoms with E-state index < -0.39 is 0 Å². The Morgan fingerprint density at radius 1 is 1.23 bits per heavy atom. The van der Waals surface area contributed by atoms with Crippen LogP contribution in [0, 0.1) is 5.41 Å². The molecule has 1 saturated heterocycles. The Bertz CT molecular complexity index is 752. The molecule has 2 aromatic rings. The number of hydrogen-bond donors (Lipinski definition) is 1. The van der Waals surface area contributed by atoms with Gasteiger partial charge in [-0.25, -0.2) is 0 Å². The number of benzene rings is 2. The number of likely N-dealkylation sites (tertiary alicyclic amines) is 1. The highest BCUT2D eigenvalue weighted by Gasteiger charge is 2.35. The molecule has 1 aliphatic rings. The van der Waals surface area contributed by atoms with Gasteiger partial charge in [0, 0.05) is 18.1 Å². The summed E-state index contributed by atoms with van der Waals surface area (Å²) in [7, 11) is 0. The fourth-order valence-electron chi connectivity index (χ4n) is 3.04. The van der Waals surface area contributed by atoms with Crippen molar-refractivity contribution in [2.75, 3.05) is 19.6 Å². The van der Waals surface area contributed by atoms with Crippen molar-refractivity contribution < 1.29 is 9.53 Å². The molecule has 26 heavy (non-hydrogen) atoms. The van der Waals surface area contributed by atoms with Gasteiger partial charge in [-0.2, -0.15) is 0 Å². The summed E-state index contributed by atoms with van der Waals surface area (Å²) in [5, 5.41) is 0.691. The average Bonchev–Trinajstić information content (AvgIpc) is 3.04. The van der Waals surface area contributed by atoms with Gasteiger partial charge in [-0.3, -0.25) is 4.79 Å². The smallest absolute Gasteiger partial charge is 0.257 e. The molecular formula is C20H24Cl2N2O2. The van der Waals surface area contributed by atoms with Crippen molar-refractivity contribution in [3.05, 3.63) is 64.7 Å². The summed E-state index contributed by atoms with van der Waals surface area (Å²) in [4.78, 5) is 14.8. The molecular weight excluding hydrogens is 371 g/mol. The van der Waals surface area contributed by atoms with E-state index >= 15 is 0 Å². The second-order valence-corrected chi connectivity index (χ2v) is 7.34. The standard InChI is InChI=1S/C20H23ClN2O2.ClH/c1-20(13-22)10-11-23(14-20)19(24)17-4-2-3-5-18(17)25-12-15-6-8-16(21)9-7-15;/h2-9H,10-14,22H2,1H3;1H. The Morgan fingerprint density at radius 3 is 2.58 bits per heavy atom. The van der Waals surface area contributed by atoms with Crippen molar-refractivity contribution in [1.82, 2.24) is 4.90 Å². The maximum absolute atomic E-state index is 12.9. The molecule has 140 valence electrons. The fourth-order valence-corrected chi connectivity index (χ4v) is 3.17. The highest BCUT2D eigenvalue weighted by atomic mass is 35.5. The van der Waals surface area contributed by atoms with Gasteiger partial charge in [0.15, 0.2) is 0 Å². The lowest BCUT2D eigenvalue weighted by Crippen LogP contribution is -2.34. The zero-order valence-electron chi connectivity index (χ0n) is 14.8. The molecule has 1 atom stereocenters. The van der Waals surface area contributed by atoms with Crippen molar-refractivity contribution in [1.29, 1.82) is 0 Å². The molecule has 6 heteroatoms. The molecule has 1 amide bonds. The first kappa shape index (κ1) is 20.6. The number of hydrogen-bond acceptors (Lipinski definition) is 3. The molecule has 2 N–H and O–H groups in total. The third-order valence-electron chi connectivity index (χ3n) is 4.76. The first-order chi connectivity index (χ1) is 12.0. The van der Waals surface area contributed by atoms with E-state index in [1.54, 1.807) is 0 Å². The molecule has 1 unspecified atom stereocenters. The molecule has 0 bridgehead atoms. The Hall–Kier alpha value is -1.75. The van der Waals surface area contributed by atoms with Crippen LogP contribution in [0.4, 0.5) is 0 Å². The van der Waals surface area contributed by atoms with E-state index in [0.717, 1.165) is 18.5 Å². The number of para-hydroxylation sites is 1. The van der Waals surface area contributed by atoms with Crippen LogP contribution >= 0.6 is 24.0 Å². The Morgan fingerprint density at radius 2 is 1.92 bits per heavy atom. The summed E-state index contributed by atoms with van der Waals surface area (Å²) in [5.41, 5.74) is 7.46. The van der Waals surface area contributed by atoms with E-state index in [1.165, 1.54) is 0 Å². The SMILES string of the molecule is CC1(CN)CCN(C(=O)c2ccccc2OCc2ccc(Cl)cc2)C1.Cl. The van der Waals surface area contributed by atoms with Crippen molar-refractivity contribution in [2.45, 2.75) is 20.0 Å². The molecule has 1 fully saturated rings. The normalized spacial score (nSPS) is 19.1. The molecule has 3 rings (SSSR count). The highest BCUT2D eigenvalue weighted by Crippen LogP contribution is 2.31. The predicted molar refractivity (Wildman–Crippen MR) is 107 cm³/mol. The van der Waals surface area contributed by atoms with Crippen LogP contribution in [0.25, 0.3) is 0 Å². The van der Waals surface area contributed by atoms with Crippen LogP contribution in [0.2, 0.25) is 5.02 Å². The van der Waals surface area contributed by atoms with E-state index in [1.807, 2.05) is 53.4 Å². The number of carbonyl (C=O) groups is 1. The van der Waals surface area contributed by atoms with Crippen LogP contribution in [-0.2, 0) is 6.61 Å². The monoisotopic (exact) mass is 394 g/mol. The highest BCUT2D eigenvalue weighted by molar-refractivity contribution is 6.30. The lowest BCUT2D eigenvalue weighted by atomic mass is 9.90. The van der Waals surface area contributed by atoms with Crippen LogP contribution < -0.4 is 10.5 Å². The first-order valence-electron chi connectivity index (χ1n) is 8.46. The summed E-state index contributed by atoms with van der Waals surface area (Å²) in [6, 6.07) is 14.9. The number of nitrogens with zero attached hydrogens (tertiary/aromatic N) is 1. The Balaban J connectivity index is 0.00000243. The van der Waals surface area contributed by atoms with E-state index in [9.17, 15) is 4.79 Å². The minimum Gasteiger partial charge on any atom is -0.488 e. The van der Waals surface area contributed by atoms with Gasteiger partial charge in [-0.1, -0.05) is 42.8 Å². The van der Waals surface area contributed by atoms with E-state index in [0.29, 0.717) is 36.0 Å². The number of ether oxygens (including phenoxy) is 1. The summed E-state index contributed by atoms with van der Waals surface area (Å²) in [5.74, 6) is 0.604. The van der Waals surface area contributed by atoms with Gasteiger partial charge < -0.3 is 15.4 Å². The number of amides is 1. The molecule has 0 aromatic heterocycles. The van der Waals surface area contributed by atoms with E-state index in [-0.39, 0.29) is 23.7 Å². The number of halogens is 2. The molecule has 0 aliphatic carbocycles. The minimum atomic E-state index is 0. The third-order valence-corrected chi connectivity index (χ3v) is 5.01. The van der Waals surface area contributed by atoms with Gasteiger partial charge in [-0.05, 0) is 48.2 Å². The first-order valence-corrected chi connectivity index (χ1v) is 8.84. The van der Waals surface area contributed by atoms with E-state index in [4.69, 9.17) is 22.1 Å². The summed E-state index contributed by atoms with van der Waals surface area (Å²) in [6.45, 7) is 4.53. The van der Waals surface area contributed by atoms with Gasteiger partial charge >= 0.3 is 0 Å². The fraction of sp³-hybridized carbons (Fsp3) is 0.350. The lowest BCUT2D eigenvalue weighted by Gasteiger charge is -2.23. The molecule has 1 heterocycles. The van der Waals surface area contributed by atoms with Crippen molar-refractivity contribution in [3.63, 3.8) is 0 Å². The third kappa shape index (κ3) is 4.70.